The highest BCUT2D eigenvalue weighted by molar-refractivity contribution is 6.31. The summed E-state index contributed by atoms with van der Waals surface area (Å²) in [6, 6.07) is 0. The van der Waals surface area contributed by atoms with E-state index in [2.05, 4.69) is 10.1 Å². The number of carbonyl (C=O) groups excluding carboxylic acids is 1. The second-order valence-electron chi connectivity index (χ2n) is 2.77. The molecule has 0 aromatic carbocycles. The molecule has 0 N–H and O–H groups in total. The van der Waals surface area contributed by atoms with E-state index in [9.17, 15) is 4.79 Å². The lowest BCUT2D eigenvalue weighted by molar-refractivity contribution is 0.112. The average Bonchev–Trinajstić information content (AvgIpc) is 2.39. The van der Waals surface area contributed by atoms with Crippen molar-refractivity contribution < 1.29 is 4.79 Å². The number of nitrogens with zero attached hydrogens (tertiary/aromatic N) is 3. The van der Waals surface area contributed by atoms with Gasteiger partial charge in [-0.2, -0.15) is 5.10 Å². The zero-order valence-corrected chi connectivity index (χ0v) is 7.06. The largest absolute Gasteiger partial charge is 0.298 e. The van der Waals surface area contributed by atoms with Crippen molar-refractivity contribution in [3.8, 4) is 0 Å². The molecule has 0 atom stereocenters. The predicted molar refractivity (Wildman–Crippen MR) is 48.5 cm³/mol. The Kier molecular flexibility index (Phi) is 1.65. The van der Waals surface area contributed by atoms with Crippen LogP contribution in [0.4, 0.5) is 0 Å². The molecule has 0 amide bonds. The summed E-state index contributed by atoms with van der Waals surface area (Å²) >= 11 is 0. The van der Waals surface area contributed by atoms with Gasteiger partial charge in [0.05, 0.1) is 11.3 Å². The van der Waals surface area contributed by atoms with Crippen LogP contribution in [0.15, 0.2) is 12.4 Å². The highest BCUT2D eigenvalue weighted by atomic mass is 16.1. The van der Waals surface area contributed by atoms with Crippen molar-refractivity contribution in [2.24, 2.45) is 0 Å². The predicted octanol–water partition coefficient (Wildman–Crippen LogP) is -0.356. The molecule has 2 heterocycles. The second-order valence-corrected chi connectivity index (χ2v) is 2.77. The van der Waals surface area contributed by atoms with Gasteiger partial charge in [0.2, 0.25) is 0 Å². The molecule has 2 radical (unpaired) electrons. The Morgan fingerprint density at radius 1 is 1.62 bits per heavy atom. The molecule has 13 heavy (non-hydrogen) atoms. The second kappa shape index (κ2) is 2.69. The normalized spacial score (nSPS) is 10.5. The molecule has 2 rings (SSSR count). The Morgan fingerprint density at radius 2 is 2.38 bits per heavy atom. The van der Waals surface area contributed by atoms with E-state index in [0.717, 1.165) is 6.29 Å². The molecule has 0 bridgehead atoms. The van der Waals surface area contributed by atoms with Crippen molar-refractivity contribution in [3.05, 3.63) is 23.7 Å². The minimum atomic E-state index is 0.514. The summed E-state index contributed by atoms with van der Waals surface area (Å²) in [5.74, 6) is 0. The molecule has 0 aliphatic heterocycles. The van der Waals surface area contributed by atoms with Crippen LogP contribution in [0.1, 0.15) is 16.1 Å². The smallest absolute Gasteiger partial charge is 0.165 e. The molecule has 0 spiro atoms. The van der Waals surface area contributed by atoms with Gasteiger partial charge in [0.1, 0.15) is 7.85 Å². The lowest BCUT2D eigenvalue weighted by Crippen LogP contribution is -2.07. The third-order valence-electron chi connectivity index (χ3n) is 1.83. The molecule has 0 saturated heterocycles. The Hall–Kier alpha value is -1.65. The maximum absolute atomic E-state index is 10.7. The zero-order valence-electron chi connectivity index (χ0n) is 7.06. The summed E-state index contributed by atoms with van der Waals surface area (Å²) in [5, 5.41) is 4.09. The van der Waals surface area contributed by atoms with E-state index in [-0.39, 0.29) is 0 Å². The molecule has 0 saturated carbocycles. The fraction of sp³-hybridized carbons (Fsp3) is 0.125. The number of aryl methyl sites for hydroxylation is 1. The van der Waals surface area contributed by atoms with Gasteiger partial charge in [-0.3, -0.25) is 4.79 Å². The average molecular weight is 171 g/mol. The van der Waals surface area contributed by atoms with Crippen molar-refractivity contribution in [2.75, 3.05) is 0 Å². The number of hydrogen-bond donors (Lipinski definition) is 0. The van der Waals surface area contributed by atoms with Crippen LogP contribution in [-0.4, -0.2) is 28.7 Å². The number of aromatic nitrogens is 3. The van der Waals surface area contributed by atoms with Gasteiger partial charge >= 0.3 is 0 Å². The van der Waals surface area contributed by atoms with Crippen molar-refractivity contribution >= 4 is 25.2 Å². The summed E-state index contributed by atoms with van der Waals surface area (Å²) in [6.07, 6.45) is 3.88. The maximum atomic E-state index is 10.7. The summed E-state index contributed by atoms with van der Waals surface area (Å²) in [7, 11) is 5.51. The fourth-order valence-corrected chi connectivity index (χ4v) is 1.21. The van der Waals surface area contributed by atoms with Crippen LogP contribution < -0.4 is 5.46 Å². The molecule has 0 aliphatic carbocycles. The van der Waals surface area contributed by atoms with E-state index in [4.69, 9.17) is 7.85 Å². The lowest BCUT2D eigenvalue weighted by atomic mass is 10.0. The molecule has 0 aliphatic rings. The van der Waals surface area contributed by atoms with E-state index >= 15 is 0 Å². The Morgan fingerprint density at radius 3 is 3.08 bits per heavy atom. The topological polar surface area (TPSA) is 47.3 Å². The monoisotopic (exact) mass is 171 g/mol. The van der Waals surface area contributed by atoms with Gasteiger partial charge in [-0.15, -0.1) is 0 Å². The number of carbonyl (C=O) groups is 1. The van der Waals surface area contributed by atoms with Gasteiger partial charge in [0.25, 0.3) is 0 Å². The SMILES string of the molecule is [B]c1cnc2c(C=O)c(C)nn2c1. The highest BCUT2D eigenvalue weighted by Gasteiger charge is 2.08. The summed E-state index contributed by atoms with van der Waals surface area (Å²) in [6.45, 7) is 1.76. The van der Waals surface area contributed by atoms with Crippen LogP contribution in [0.5, 0.6) is 0 Å². The molecule has 4 nitrogen and oxygen atoms in total. The third kappa shape index (κ3) is 1.12. The van der Waals surface area contributed by atoms with E-state index in [1.807, 2.05) is 0 Å². The minimum Gasteiger partial charge on any atom is -0.298 e. The number of hydrogen-bond acceptors (Lipinski definition) is 3. The molecule has 5 heteroatoms. The maximum Gasteiger partial charge on any atom is 0.165 e. The van der Waals surface area contributed by atoms with Crippen molar-refractivity contribution in [2.45, 2.75) is 6.92 Å². The lowest BCUT2D eigenvalue weighted by Gasteiger charge is -1.93. The zero-order chi connectivity index (χ0) is 9.42. The van der Waals surface area contributed by atoms with Crippen molar-refractivity contribution in [1.29, 1.82) is 0 Å². The first-order valence-electron chi connectivity index (χ1n) is 3.78. The first-order valence-corrected chi connectivity index (χ1v) is 3.78. The van der Waals surface area contributed by atoms with Gasteiger partial charge in [0.15, 0.2) is 11.9 Å². The number of fused-ring (bicyclic) bond motifs is 1. The molecule has 62 valence electrons. The molecule has 0 fully saturated rings. The minimum absolute atomic E-state index is 0.514. The fourth-order valence-electron chi connectivity index (χ4n) is 1.21. The quantitative estimate of drug-likeness (QED) is 0.435. The van der Waals surface area contributed by atoms with E-state index < -0.39 is 0 Å². The number of aldehydes is 1. The molecular weight excluding hydrogens is 165 g/mol. The molecule has 2 aromatic heterocycles. The third-order valence-corrected chi connectivity index (χ3v) is 1.83. The molecule has 0 unspecified atom stereocenters. The summed E-state index contributed by atoms with van der Waals surface area (Å²) in [5.41, 5.74) is 2.24. The van der Waals surface area contributed by atoms with Crippen LogP contribution in [0.25, 0.3) is 5.65 Å². The first kappa shape index (κ1) is 7.98. The van der Waals surface area contributed by atoms with Crippen LogP contribution in [-0.2, 0) is 0 Å². The van der Waals surface area contributed by atoms with Gasteiger partial charge < -0.3 is 0 Å². The van der Waals surface area contributed by atoms with Gasteiger partial charge in [0, 0.05) is 12.4 Å². The molecular formula is C8H6BN3O. The van der Waals surface area contributed by atoms with Crippen LogP contribution in [0.3, 0.4) is 0 Å². The standard InChI is InChI=1S/C8H6BN3O/c1-5-7(4-13)8-10-2-6(9)3-12(8)11-5/h2-4H,1H3. The van der Waals surface area contributed by atoms with Crippen LogP contribution in [0.2, 0.25) is 0 Å². The highest BCUT2D eigenvalue weighted by Crippen LogP contribution is 2.08. The first-order chi connectivity index (χ1) is 6.22. The Bertz CT molecular complexity index is 477. The Labute approximate surface area is 76.0 Å². The van der Waals surface area contributed by atoms with Gasteiger partial charge in [-0.1, -0.05) is 5.46 Å². The Balaban J connectivity index is 2.86. The van der Waals surface area contributed by atoms with Crippen molar-refractivity contribution in [1.82, 2.24) is 14.6 Å². The number of rotatable bonds is 1. The van der Waals surface area contributed by atoms with Crippen LogP contribution in [0, 0.1) is 6.92 Å². The summed E-state index contributed by atoms with van der Waals surface area (Å²) in [4.78, 5) is 14.7. The van der Waals surface area contributed by atoms with Crippen molar-refractivity contribution in [3.63, 3.8) is 0 Å². The van der Waals surface area contributed by atoms with E-state index in [1.165, 1.54) is 10.7 Å². The van der Waals surface area contributed by atoms with Gasteiger partial charge in [-0.05, 0) is 6.92 Å². The van der Waals surface area contributed by atoms with E-state index in [1.54, 1.807) is 13.1 Å². The van der Waals surface area contributed by atoms with E-state index in [0.29, 0.717) is 22.4 Å². The molecule has 2 aromatic rings. The van der Waals surface area contributed by atoms with Gasteiger partial charge in [-0.25, -0.2) is 9.50 Å². The van der Waals surface area contributed by atoms with Crippen LogP contribution >= 0.6 is 0 Å². The summed E-state index contributed by atoms with van der Waals surface area (Å²) < 4.78 is 1.51.